The molecule has 0 saturated carbocycles. The minimum absolute atomic E-state index is 0.00554. The van der Waals surface area contributed by atoms with Crippen LogP contribution in [0.5, 0.6) is 0 Å². The van der Waals surface area contributed by atoms with Crippen molar-refractivity contribution < 1.29 is 17.2 Å². The van der Waals surface area contributed by atoms with E-state index in [2.05, 4.69) is 15.9 Å². The Morgan fingerprint density at radius 3 is 2.48 bits per heavy atom. The molecule has 0 fully saturated rings. The number of benzene rings is 2. The summed E-state index contributed by atoms with van der Waals surface area (Å²) in [5.74, 6) is -2.63. The molecule has 0 unspecified atom stereocenters. The van der Waals surface area contributed by atoms with E-state index in [1.807, 2.05) is 0 Å². The highest BCUT2D eigenvalue weighted by Crippen LogP contribution is 2.28. The van der Waals surface area contributed by atoms with E-state index >= 15 is 0 Å². The molecular weight excluding hydrogens is 364 g/mol. The van der Waals surface area contributed by atoms with E-state index < -0.39 is 32.8 Å². The average molecular weight is 376 g/mol. The summed E-state index contributed by atoms with van der Waals surface area (Å²) in [7, 11) is -3.95. The van der Waals surface area contributed by atoms with Crippen LogP contribution in [0.25, 0.3) is 0 Å². The van der Waals surface area contributed by atoms with Crippen LogP contribution in [0, 0.1) is 18.6 Å². The first-order valence-electron chi connectivity index (χ1n) is 5.93. The summed E-state index contributed by atoms with van der Waals surface area (Å²) in [6, 6.07) is 6.61. The number of aryl methyl sites for hydroxylation is 1. The zero-order chi connectivity index (χ0) is 15.8. The lowest BCUT2D eigenvalue weighted by molar-refractivity contribution is 0.552. The normalized spacial score (nSPS) is 11.6. The van der Waals surface area contributed by atoms with E-state index in [4.69, 9.17) is 5.73 Å². The van der Waals surface area contributed by atoms with Gasteiger partial charge >= 0.3 is 0 Å². The Bertz CT molecular complexity index is 807. The van der Waals surface area contributed by atoms with E-state index in [0.29, 0.717) is 0 Å². The first-order valence-corrected chi connectivity index (χ1v) is 8.38. The molecule has 0 heterocycles. The Kier molecular flexibility index (Phi) is 4.34. The molecule has 0 amide bonds. The molecule has 0 aliphatic rings. The topological polar surface area (TPSA) is 60.2 Å². The van der Waals surface area contributed by atoms with Crippen LogP contribution in [0.4, 0.5) is 14.5 Å². The monoisotopic (exact) mass is 375 g/mol. The van der Waals surface area contributed by atoms with Crippen molar-refractivity contribution in [2.45, 2.75) is 17.6 Å². The SMILES string of the molecule is Cc1ccc(S(=O)(=O)Cc2c(F)ccc(Br)c2F)c(N)c1. The summed E-state index contributed by atoms with van der Waals surface area (Å²) in [4.78, 5) is -0.133. The molecule has 2 aromatic carbocycles. The third kappa shape index (κ3) is 3.24. The number of anilines is 1. The van der Waals surface area contributed by atoms with E-state index in [0.717, 1.165) is 11.6 Å². The van der Waals surface area contributed by atoms with Crippen LogP contribution in [0.3, 0.4) is 0 Å². The van der Waals surface area contributed by atoms with Gasteiger partial charge in [0.05, 0.1) is 20.8 Å². The minimum atomic E-state index is -3.95. The predicted octanol–water partition coefficient (Wildman–Crippen LogP) is 3.59. The van der Waals surface area contributed by atoms with E-state index in [-0.39, 0.29) is 15.1 Å². The molecule has 0 atom stereocenters. The van der Waals surface area contributed by atoms with Gasteiger partial charge in [0.2, 0.25) is 0 Å². The van der Waals surface area contributed by atoms with Gasteiger partial charge in [0.25, 0.3) is 0 Å². The Labute approximate surface area is 129 Å². The van der Waals surface area contributed by atoms with Gasteiger partial charge in [-0.1, -0.05) is 6.07 Å². The Morgan fingerprint density at radius 1 is 1.19 bits per heavy atom. The average Bonchev–Trinajstić information content (AvgIpc) is 2.39. The fraction of sp³-hybridized carbons (Fsp3) is 0.143. The van der Waals surface area contributed by atoms with Crippen LogP contribution in [-0.4, -0.2) is 8.42 Å². The van der Waals surface area contributed by atoms with Crippen molar-refractivity contribution in [1.82, 2.24) is 0 Å². The lowest BCUT2D eigenvalue weighted by Gasteiger charge is -2.10. The van der Waals surface area contributed by atoms with Crippen LogP contribution in [0.1, 0.15) is 11.1 Å². The number of nitrogen functional groups attached to an aromatic ring is 1. The van der Waals surface area contributed by atoms with Gasteiger partial charge in [0.15, 0.2) is 9.84 Å². The van der Waals surface area contributed by atoms with Crippen molar-refractivity contribution in [2.75, 3.05) is 5.73 Å². The summed E-state index contributed by atoms with van der Waals surface area (Å²) in [5.41, 5.74) is 6.04. The number of nitrogens with two attached hydrogens (primary N) is 1. The van der Waals surface area contributed by atoms with Crippen molar-refractivity contribution in [2.24, 2.45) is 0 Å². The molecule has 112 valence electrons. The van der Waals surface area contributed by atoms with Crippen LogP contribution >= 0.6 is 15.9 Å². The lowest BCUT2D eigenvalue weighted by Crippen LogP contribution is -2.11. The second-order valence-electron chi connectivity index (χ2n) is 4.62. The number of hydrogen-bond donors (Lipinski definition) is 1. The Morgan fingerprint density at radius 2 is 1.86 bits per heavy atom. The molecule has 0 bridgehead atoms. The molecule has 3 nitrogen and oxygen atoms in total. The van der Waals surface area contributed by atoms with Gasteiger partial charge in [0.1, 0.15) is 11.6 Å². The zero-order valence-corrected chi connectivity index (χ0v) is 13.4. The predicted molar refractivity (Wildman–Crippen MR) is 80.5 cm³/mol. The molecule has 0 aliphatic heterocycles. The summed E-state index contributed by atoms with van der Waals surface area (Å²) in [6.07, 6.45) is 0. The first kappa shape index (κ1) is 15.9. The molecule has 2 rings (SSSR count). The second kappa shape index (κ2) is 5.73. The van der Waals surface area contributed by atoms with Gasteiger partial charge in [-0.05, 0) is 52.7 Å². The molecule has 2 N–H and O–H groups in total. The van der Waals surface area contributed by atoms with Gasteiger partial charge < -0.3 is 5.73 Å². The van der Waals surface area contributed by atoms with Crippen LogP contribution < -0.4 is 5.73 Å². The molecule has 0 aliphatic carbocycles. The number of hydrogen-bond acceptors (Lipinski definition) is 3. The van der Waals surface area contributed by atoms with Gasteiger partial charge in [-0.2, -0.15) is 0 Å². The second-order valence-corrected chi connectivity index (χ2v) is 7.43. The fourth-order valence-electron chi connectivity index (χ4n) is 1.92. The van der Waals surface area contributed by atoms with E-state index in [9.17, 15) is 17.2 Å². The largest absolute Gasteiger partial charge is 0.398 e. The van der Waals surface area contributed by atoms with Gasteiger partial charge in [-0.25, -0.2) is 17.2 Å². The lowest BCUT2D eigenvalue weighted by atomic mass is 10.2. The Balaban J connectivity index is 2.50. The molecule has 0 spiro atoms. The molecule has 2 aromatic rings. The van der Waals surface area contributed by atoms with Gasteiger partial charge in [-0.3, -0.25) is 0 Å². The molecule has 0 saturated heterocycles. The highest BCUT2D eigenvalue weighted by atomic mass is 79.9. The maximum absolute atomic E-state index is 13.9. The maximum atomic E-state index is 13.9. The Hall–Kier alpha value is -1.47. The smallest absolute Gasteiger partial charge is 0.184 e. The third-order valence-corrected chi connectivity index (χ3v) is 5.30. The molecule has 0 aromatic heterocycles. The fourth-order valence-corrected chi connectivity index (χ4v) is 3.79. The number of halogens is 3. The number of sulfone groups is 1. The van der Waals surface area contributed by atoms with Crippen LogP contribution in [-0.2, 0) is 15.6 Å². The quantitative estimate of drug-likeness (QED) is 0.658. The summed E-state index contributed by atoms with van der Waals surface area (Å²) in [5, 5.41) is 0. The first-order chi connectivity index (χ1) is 9.72. The molecule has 7 heteroatoms. The van der Waals surface area contributed by atoms with Crippen molar-refractivity contribution in [1.29, 1.82) is 0 Å². The number of rotatable bonds is 3. The summed E-state index contributed by atoms with van der Waals surface area (Å²) < 4.78 is 52.2. The minimum Gasteiger partial charge on any atom is -0.398 e. The van der Waals surface area contributed by atoms with Gasteiger partial charge in [-0.15, -0.1) is 0 Å². The van der Waals surface area contributed by atoms with Crippen molar-refractivity contribution >= 4 is 31.5 Å². The molecule has 21 heavy (non-hydrogen) atoms. The van der Waals surface area contributed by atoms with Crippen molar-refractivity contribution in [3.05, 3.63) is 57.6 Å². The highest BCUT2D eigenvalue weighted by molar-refractivity contribution is 9.10. The highest BCUT2D eigenvalue weighted by Gasteiger charge is 2.23. The molecule has 0 radical (unpaired) electrons. The maximum Gasteiger partial charge on any atom is 0.184 e. The standard InChI is InChI=1S/C14H12BrF2NO2S/c1-8-2-5-13(12(18)6-8)21(19,20)7-9-11(16)4-3-10(15)14(9)17/h2-6H,7,18H2,1H3. The molecular formula is C14H12BrF2NO2S. The van der Waals surface area contributed by atoms with Crippen LogP contribution in [0.15, 0.2) is 39.7 Å². The van der Waals surface area contributed by atoms with Crippen molar-refractivity contribution in [3.8, 4) is 0 Å². The van der Waals surface area contributed by atoms with Crippen molar-refractivity contribution in [3.63, 3.8) is 0 Å². The summed E-state index contributed by atoms with van der Waals surface area (Å²) in [6.45, 7) is 1.76. The van der Waals surface area contributed by atoms with E-state index in [1.165, 1.54) is 18.2 Å². The zero-order valence-electron chi connectivity index (χ0n) is 11.0. The summed E-state index contributed by atoms with van der Waals surface area (Å²) >= 11 is 2.91. The van der Waals surface area contributed by atoms with Crippen LogP contribution in [0.2, 0.25) is 0 Å². The van der Waals surface area contributed by atoms with Gasteiger partial charge in [0, 0.05) is 5.56 Å². The van der Waals surface area contributed by atoms with E-state index in [1.54, 1.807) is 13.0 Å². The third-order valence-electron chi connectivity index (χ3n) is 2.97.